The molecule has 3 nitrogen and oxygen atoms in total. The predicted molar refractivity (Wildman–Crippen MR) is 64.5 cm³/mol. The van der Waals surface area contributed by atoms with E-state index in [9.17, 15) is 4.39 Å². The molecular formula is C13H19FN2O. The Hall–Kier alpha value is -1.16. The van der Waals surface area contributed by atoms with Crippen LogP contribution in [0, 0.1) is 5.82 Å². The lowest BCUT2D eigenvalue weighted by atomic mass is 9.96. The molecular weight excluding hydrogens is 219 g/mol. The SMILES string of the molecule is CCCNCc1cc(F)cnc1OC1CCC1. The molecule has 0 aliphatic heterocycles. The third-order valence-electron chi connectivity index (χ3n) is 2.96. The van der Waals surface area contributed by atoms with Crippen LogP contribution in [0.2, 0.25) is 0 Å². The fraction of sp³-hybridized carbons (Fsp3) is 0.615. The summed E-state index contributed by atoms with van der Waals surface area (Å²) in [5, 5.41) is 3.24. The Morgan fingerprint density at radius 2 is 2.35 bits per heavy atom. The van der Waals surface area contributed by atoms with Gasteiger partial charge in [-0.3, -0.25) is 0 Å². The topological polar surface area (TPSA) is 34.2 Å². The van der Waals surface area contributed by atoms with Gasteiger partial charge < -0.3 is 10.1 Å². The Labute approximate surface area is 101 Å². The van der Waals surface area contributed by atoms with E-state index in [0.717, 1.165) is 31.4 Å². The van der Waals surface area contributed by atoms with E-state index in [4.69, 9.17) is 4.74 Å². The van der Waals surface area contributed by atoms with Gasteiger partial charge in [-0.1, -0.05) is 6.92 Å². The fourth-order valence-electron chi connectivity index (χ4n) is 1.75. The molecule has 1 aromatic heterocycles. The second-order valence-electron chi connectivity index (χ2n) is 4.47. The Kier molecular flexibility index (Phi) is 4.31. The molecule has 0 spiro atoms. The summed E-state index contributed by atoms with van der Waals surface area (Å²) in [6.07, 6.45) is 5.94. The molecule has 1 N–H and O–H groups in total. The molecule has 1 heterocycles. The van der Waals surface area contributed by atoms with Gasteiger partial charge in [-0.25, -0.2) is 9.37 Å². The van der Waals surface area contributed by atoms with Crippen LogP contribution in [0.4, 0.5) is 4.39 Å². The summed E-state index contributed by atoms with van der Waals surface area (Å²) in [5.41, 5.74) is 0.811. The highest BCUT2D eigenvalue weighted by molar-refractivity contribution is 5.26. The van der Waals surface area contributed by atoms with Crippen molar-refractivity contribution in [3.63, 3.8) is 0 Å². The average molecular weight is 238 g/mol. The molecule has 0 atom stereocenters. The molecule has 94 valence electrons. The van der Waals surface area contributed by atoms with Crippen molar-refractivity contribution in [2.45, 2.75) is 45.3 Å². The van der Waals surface area contributed by atoms with Crippen molar-refractivity contribution in [3.05, 3.63) is 23.6 Å². The van der Waals surface area contributed by atoms with Crippen LogP contribution in [-0.2, 0) is 6.54 Å². The van der Waals surface area contributed by atoms with E-state index in [2.05, 4.69) is 17.2 Å². The molecule has 0 aromatic carbocycles. The molecule has 4 heteroatoms. The van der Waals surface area contributed by atoms with Gasteiger partial charge in [0.05, 0.1) is 6.20 Å². The largest absolute Gasteiger partial charge is 0.474 e. The molecule has 0 unspecified atom stereocenters. The number of rotatable bonds is 6. The first kappa shape index (κ1) is 12.3. The number of halogens is 1. The van der Waals surface area contributed by atoms with Gasteiger partial charge in [0, 0.05) is 12.1 Å². The van der Waals surface area contributed by atoms with E-state index >= 15 is 0 Å². The first-order chi connectivity index (χ1) is 8.29. The van der Waals surface area contributed by atoms with Crippen molar-refractivity contribution in [2.24, 2.45) is 0 Å². The van der Waals surface area contributed by atoms with Crippen LogP contribution < -0.4 is 10.1 Å². The van der Waals surface area contributed by atoms with Crippen molar-refractivity contribution < 1.29 is 9.13 Å². The minimum atomic E-state index is -0.306. The van der Waals surface area contributed by atoms with Crippen LogP contribution in [0.1, 0.15) is 38.2 Å². The number of nitrogens with zero attached hydrogens (tertiary/aromatic N) is 1. The molecule has 1 aliphatic carbocycles. The van der Waals surface area contributed by atoms with Crippen molar-refractivity contribution in [1.82, 2.24) is 10.3 Å². The number of aromatic nitrogens is 1. The molecule has 1 aliphatic rings. The quantitative estimate of drug-likeness (QED) is 0.774. The van der Waals surface area contributed by atoms with Crippen molar-refractivity contribution in [2.75, 3.05) is 6.54 Å². The van der Waals surface area contributed by atoms with E-state index in [1.807, 2.05) is 0 Å². The lowest BCUT2D eigenvalue weighted by Crippen LogP contribution is -2.26. The van der Waals surface area contributed by atoms with Gasteiger partial charge in [0.1, 0.15) is 11.9 Å². The van der Waals surface area contributed by atoms with E-state index < -0.39 is 0 Å². The number of pyridine rings is 1. The maximum atomic E-state index is 13.1. The first-order valence-electron chi connectivity index (χ1n) is 6.31. The second-order valence-corrected chi connectivity index (χ2v) is 4.47. The maximum absolute atomic E-state index is 13.1. The van der Waals surface area contributed by atoms with Gasteiger partial charge in [0.2, 0.25) is 5.88 Å². The van der Waals surface area contributed by atoms with Gasteiger partial charge >= 0.3 is 0 Å². The second kappa shape index (κ2) is 5.96. The molecule has 0 radical (unpaired) electrons. The van der Waals surface area contributed by atoms with Crippen LogP contribution in [0.5, 0.6) is 5.88 Å². The molecule has 1 fully saturated rings. The zero-order valence-electron chi connectivity index (χ0n) is 10.2. The Morgan fingerprint density at radius 3 is 3.00 bits per heavy atom. The van der Waals surface area contributed by atoms with Crippen LogP contribution >= 0.6 is 0 Å². The van der Waals surface area contributed by atoms with Gasteiger partial charge in [-0.2, -0.15) is 0 Å². The zero-order valence-corrected chi connectivity index (χ0v) is 10.2. The Balaban J connectivity index is 2.00. The predicted octanol–water partition coefficient (Wildman–Crippen LogP) is 2.65. The number of hydrogen-bond donors (Lipinski definition) is 1. The zero-order chi connectivity index (χ0) is 12.1. The highest BCUT2D eigenvalue weighted by atomic mass is 19.1. The third-order valence-corrected chi connectivity index (χ3v) is 2.96. The molecule has 1 aromatic rings. The van der Waals surface area contributed by atoms with E-state index in [-0.39, 0.29) is 11.9 Å². The van der Waals surface area contributed by atoms with E-state index in [1.54, 1.807) is 0 Å². The summed E-state index contributed by atoms with van der Waals surface area (Å²) in [4.78, 5) is 4.04. The number of hydrogen-bond acceptors (Lipinski definition) is 3. The Bertz CT molecular complexity index is 366. The average Bonchev–Trinajstić information content (AvgIpc) is 2.26. The van der Waals surface area contributed by atoms with Crippen LogP contribution in [0.3, 0.4) is 0 Å². The van der Waals surface area contributed by atoms with Gasteiger partial charge in [0.25, 0.3) is 0 Å². The highest BCUT2D eigenvalue weighted by Gasteiger charge is 2.21. The highest BCUT2D eigenvalue weighted by Crippen LogP contribution is 2.26. The molecule has 0 amide bonds. The minimum Gasteiger partial charge on any atom is -0.474 e. The lowest BCUT2D eigenvalue weighted by Gasteiger charge is -2.26. The summed E-state index contributed by atoms with van der Waals surface area (Å²) in [5.74, 6) is 0.277. The first-order valence-corrected chi connectivity index (χ1v) is 6.31. The van der Waals surface area contributed by atoms with Crippen LogP contribution in [0.25, 0.3) is 0 Å². The molecule has 2 rings (SSSR count). The minimum absolute atomic E-state index is 0.276. The van der Waals surface area contributed by atoms with Crippen molar-refractivity contribution >= 4 is 0 Å². The van der Waals surface area contributed by atoms with Gasteiger partial charge in [0.15, 0.2) is 0 Å². The van der Waals surface area contributed by atoms with Gasteiger partial charge in [-0.05, 0) is 38.3 Å². The summed E-state index contributed by atoms with van der Waals surface area (Å²) in [6.45, 7) is 3.63. The monoisotopic (exact) mass is 238 g/mol. The van der Waals surface area contributed by atoms with Crippen LogP contribution in [0.15, 0.2) is 12.3 Å². The van der Waals surface area contributed by atoms with E-state index in [1.165, 1.54) is 18.7 Å². The summed E-state index contributed by atoms with van der Waals surface area (Å²) in [6, 6.07) is 1.50. The summed E-state index contributed by atoms with van der Waals surface area (Å²) < 4.78 is 18.9. The summed E-state index contributed by atoms with van der Waals surface area (Å²) in [7, 11) is 0. The molecule has 1 saturated carbocycles. The van der Waals surface area contributed by atoms with Crippen molar-refractivity contribution in [1.29, 1.82) is 0 Å². The van der Waals surface area contributed by atoms with E-state index in [0.29, 0.717) is 12.4 Å². The maximum Gasteiger partial charge on any atom is 0.218 e. The fourth-order valence-corrected chi connectivity index (χ4v) is 1.75. The van der Waals surface area contributed by atoms with Gasteiger partial charge in [-0.15, -0.1) is 0 Å². The smallest absolute Gasteiger partial charge is 0.218 e. The molecule has 17 heavy (non-hydrogen) atoms. The normalized spacial score (nSPS) is 15.6. The number of ether oxygens (including phenoxy) is 1. The van der Waals surface area contributed by atoms with Crippen LogP contribution in [-0.4, -0.2) is 17.6 Å². The van der Waals surface area contributed by atoms with Crippen molar-refractivity contribution in [3.8, 4) is 5.88 Å². The standard InChI is InChI=1S/C13H19FN2O/c1-2-6-15-8-10-7-11(14)9-16-13(10)17-12-4-3-5-12/h7,9,12,15H,2-6,8H2,1H3. The Morgan fingerprint density at radius 1 is 1.53 bits per heavy atom. The summed E-state index contributed by atoms with van der Waals surface area (Å²) >= 11 is 0. The molecule has 0 saturated heterocycles. The molecule has 0 bridgehead atoms. The third kappa shape index (κ3) is 3.40. The number of nitrogens with one attached hydrogen (secondary N) is 1. The lowest BCUT2D eigenvalue weighted by molar-refractivity contribution is 0.113.